The first-order valence-electron chi connectivity index (χ1n) is 13.4. The lowest BCUT2D eigenvalue weighted by Gasteiger charge is -2.34. The summed E-state index contributed by atoms with van der Waals surface area (Å²) in [5.74, 6) is 0.394. The van der Waals surface area contributed by atoms with Crippen molar-refractivity contribution in [2.75, 3.05) is 0 Å². The van der Waals surface area contributed by atoms with Gasteiger partial charge in [-0.2, -0.15) is 0 Å². The van der Waals surface area contributed by atoms with Gasteiger partial charge in [0.15, 0.2) is 0 Å². The van der Waals surface area contributed by atoms with Gasteiger partial charge < -0.3 is 25.2 Å². The molecular weight excluding hydrogens is 468 g/mol. The first kappa shape index (κ1) is 28.5. The van der Waals surface area contributed by atoms with Gasteiger partial charge in [0, 0.05) is 0 Å². The number of ether oxygens (including phenoxy) is 2. The highest BCUT2D eigenvalue weighted by Crippen LogP contribution is 2.29. The fourth-order valence-electron chi connectivity index (χ4n) is 4.85. The number of aliphatic hydroxyl groups is 1. The van der Waals surface area contributed by atoms with Gasteiger partial charge in [-0.05, 0) is 50.7 Å². The Kier molecular flexibility index (Phi) is 10.8. The molecule has 0 aromatic heterocycles. The van der Waals surface area contributed by atoms with E-state index in [0.29, 0.717) is 18.8 Å². The van der Waals surface area contributed by atoms with Gasteiger partial charge in [-0.25, -0.2) is 9.59 Å². The van der Waals surface area contributed by atoms with E-state index in [1.54, 1.807) is 0 Å². The first-order valence-corrected chi connectivity index (χ1v) is 13.4. The zero-order chi connectivity index (χ0) is 26.7. The van der Waals surface area contributed by atoms with E-state index in [0.717, 1.165) is 36.8 Å². The number of aliphatic hydroxyl groups excluding tert-OH is 1. The molecule has 3 atom stereocenters. The van der Waals surface area contributed by atoms with Crippen LogP contribution in [0.1, 0.15) is 70.4 Å². The molecule has 0 bridgehead atoms. The minimum atomic E-state index is -1.04. The highest BCUT2D eigenvalue weighted by Gasteiger charge is 2.34. The van der Waals surface area contributed by atoms with Crippen LogP contribution in [0.5, 0.6) is 0 Å². The monoisotopic (exact) mass is 510 g/mol. The molecule has 1 saturated carbocycles. The minimum Gasteiger partial charge on any atom is -0.445 e. The number of hydrogen-bond donors (Lipinski definition) is 3. The Morgan fingerprint density at radius 1 is 0.865 bits per heavy atom. The molecular formula is C30H42N2O5. The van der Waals surface area contributed by atoms with Crippen molar-refractivity contribution in [3.8, 4) is 0 Å². The topological polar surface area (TPSA) is 96.9 Å². The summed E-state index contributed by atoms with van der Waals surface area (Å²) < 4.78 is 11.0. The normalized spacial score (nSPS) is 16.8. The van der Waals surface area contributed by atoms with E-state index in [1.165, 1.54) is 6.42 Å². The Morgan fingerprint density at radius 3 is 2.03 bits per heavy atom. The van der Waals surface area contributed by atoms with Crippen LogP contribution in [0.15, 0.2) is 60.7 Å². The third-order valence-corrected chi connectivity index (χ3v) is 6.65. The van der Waals surface area contributed by atoms with Gasteiger partial charge in [0.05, 0.1) is 18.2 Å². The smallest absolute Gasteiger partial charge is 0.407 e. The molecule has 1 aliphatic rings. The van der Waals surface area contributed by atoms with Gasteiger partial charge in [-0.1, -0.05) is 92.8 Å². The summed E-state index contributed by atoms with van der Waals surface area (Å²) in [4.78, 5) is 25.5. The van der Waals surface area contributed by atoms with Crippen LogP contribution in [0.25, 0.3) is 0 Å². The van der Waals surface area contributed by atoms with Gasteiger partial charge in [0.25, 0.3) is 0 Å². The highest BCUT2D eigenvalue weighted by atomic mass is 16.6. The van der Waals surface area contributed by atoms with Crippen molar-refractivity contribution in [1.29, 1.82) is 0 Å². The maximum absolute atomic E-state index is 12.8. The molecule has 2 aromatic rings. The van der Waals surface area contributed by atoms with Crippen LogP contribution in [0, 0.1) is 5.92 Å². The number of benzene rings is 2. The SMILES string of the molecule is CC(C)(C)OC(=O)N[C@H](CC1CCCCC1)[C@H](O)[C@@H](Cc1ccccc1)NC(=O)OCc1ccccc1. The minimum absolute atomic E-state index is 0.127. The molecule has 0 radical (unpaired) electrons. The van der Waals surface area contributed by atoms with Crippen molar-refractivity contribution in [3.05, 3.63) is 71.8 Å². The molecule has 0 unspecified atom stereocenters. The second kappa shape index (κ2) is 14.0. The number of amides is 2. The molecule has 37 heavy (non-hydrogen) atoms. The summed E-state index contributed by atoms with van der Waals surface area (Å²) in [6.45, 7) is 5.55. The van der Waals surface area contributed by atoms with E-state index in [-0.39, 0.29) is 6.61 Å². The Bertz CT molecular complexity index is 955. The third-order valence-electron chi connectivity index (χ3n) is 6.65. The fourth-order valence-corrected chi connectivity index (χ4v) is 4.85. The zero-order valence-corrected chi connectivity index (χ0v) is 22.3. The van der Waals surface area contributed by atoms with Crippen LogP contribution >= 0.6 is 0 Å². The number of carbonyl (C=O) groups is 2. The van der Waals surface area contributed by atoms with Crippen LogP contribution in [0.2, 0.25) is 0 Å². The Hall–Kier alpha value is -3.06. The van der Waals surface area contributed by atoms with E-state index < -0.39 is 36.0 Å². The van der Waals surface area contributed by atoms with E-state index in [9.17, 15) is 14.7 Å². The second-order valence-corrected chi connectivity index (χ2v) is 11.0. The van der Waals surface area contributed by atoms with E-state index in [1.807, 2.05) is 81.4 Å². The quantitative estimate of drug-likeness (QED) is 0.378. The summed E-state index contributed by atoms with van der Waals surface area (Å²) >= 11 is 0. The predicted molar refractivity (Wildman–Crippen MR) is 144 cm³/mol. The molecule has 0 aliphatic heterocycles. The van der Waals surface area contributed by atoms with Crippen molar-refractivity contribution in [1.82, 2.24) is 10.6 Å². The van der Waals surface area contributed by atoms with E-state index >= 15 is 0 Å². The van der Waals surface area contributed by atoms with Crippen LogP contribution in [-0.4, -0.2) is 41.1 Å². The van der Waals surface area contributed by atoms with Crippen LogP contribution < -0.4 is 10.6 Å². The second-order valence-electron chi connectivity index (χ2n) is 11.0. The van der Waals surface area contributed by atoms with Crippen LogP contribution in [0.3, 0.4) is 0 Å². The summed E-state index contributed by atoms with van der Waals surface area (Å²) in [6.07, 6.45) is 4.42. The Morgan fingerprint density at radius 2 is 1.43 bits per heavy atom. The molecule has 2 aromatic carbocycles. The number of rotatable bonds is 10. The Labute approximate surface area is 220 Å². The van der Waals surface area contributed by atoms with E-state index in [2.05, 4.69) is 10.6 Å². The van der Waals surface area contributed by atoms with Gasteiger partial charge in [-0.15, -0.1) is 0 Å². The summed E-state index contributed by atoms with van der Waals surface area (Å²) in [5, 5.41) is 17.4. The van der Waals surface area contributed by atoms with Crippen LogP contribution in [-0.2, 0) is 22.5 Å². The maximum atomic E-state index is 12.8. The molecule has 0 spiro atoms. The summed E-state index contributed by atoms with van der Waals surface area (Å²) in [7, 11) is 0. The van der Waals surface area contributed by atoms with Crippen molar-refractivity contribution in [3.63, 3.8) is 0 Å². The molecule has 7 nitrogen and oxygen atoms in total. The summed E-state index contributed by atoms with van der Waals surface area (Å²) in [6, 6.07) is 17.9. The zero-order valence-electron chi connectivity index (χ0n) is 22.3. The average molecular weight is 511 g/mol. The number of nitrogens with one attached hydrogen (secondary N) is 2. The van der Waals surface area contributed by atoms with Gasteiger partial charge in [0.1, 0.15) is 12.2 Å². The molecule has 0 saturated heterocycles. The highest BCUT2D eigenvalue weighted by molar-refractivity contribution is 5.69. The molecule has 1 fully saturated rings. The van der Waals surface area contributed by atoms with Gasteiger partial charge >= 0.3 is 12.2 Å². The summed E-state index contributed by atoms with van der Waals surface area (Å²) in [5.41, 5.74) is 1.18. The lowest BCUT2D eigenvalue weighted by Crippen LogP contribution is -2.56. The maximum Gasteiger partial charge on any atom is 0.407 e. The van der Waals surface area contributed by atoms with E-state index in [4.69, 9.17) is 9.47 Å². The average Bonchev–Trinajstić information content (AvgIpc) is 2.87. The molecule has 3 N–H and O–H groups in total. The van der Waals surface area contributed by atoms with Crippen molar-refractivity contribution >= 4 is 12.2 Å². The molecule has 1 aliphatic carbocycles. The molecule has 0 heterocycles. The number of hydrogen-bond acceptors (Lipinski definition) is 5. The fraction of sp³-hybridized carbons (Fsp3) is 0.533. The standard InChI is InChI=1S/C30H42N2O5/c1-30(2,3)37-29(35)32-26(20-23-15-9-5-10-16-23)27(33)25(19-22-13-7-4-8-14-22)31-28(34)36-21-24-17-11-6-12-18-24/h4,6-8,11-14,17-18,23,25-27,33H,5,9-10,15-16,19-21H2,1-3H3,(H,31,34)(H,32,35)/t25-,26-,27-/m1/s1. The molecule has 7 heteroatoms. The van der Waals surface area contributed by atoms with Crippen molar-refractivity contribution < 1.29 is 24.2 Å². The third kappa shape index (κ3) is 10.4. The van der Waals surface area contributed by atoms with Gasteiger partial charge in [-0.3, -0.25) is 0 Å². The lowest BCUT2D eigenvalue weighted by atomic mass is 9.82. The van der Waals surface area contributed by atoms with Crippen molar-refractivity contribution in [2.24, 2.45) is 5.92 Å². The lowest BCUT2D eigenvalue weighted by molar-refractivity contribution is 0.0318. The van der Waals surface area contributed by atoms with Gasteiger partial charge in [0.2, 0.25) is 0 Å². The first-order chi connectivity index (χ1) is 17.7. The molecule has 202 valence electrons. The largest absolute Gasteiger partial charge is 0.445 e. The predicted octanol–water partition coefficient (Wildman–Crippen LogP) is 5.75. The molecule has 2 amide bonds. The number of carbonyl (C=O) groups excluding carboxylic acids is 2. The number of alkyl carbamates (subject to hydrolysis) is 2. The Balaban J connectivity index is 1.75. The van der Waals surface area contributed by atoms with Crippen LogP contribution in [0.4, 0.5) is 9.59 Å². The van der Waals surface area contributed by atoms with Crippen molar-refractivity contribution in [2.45, 2.75) is 96.1 Å². The molecule has 3 rings (SSSR count).